The molecule has 2 aromatic carbocycles. The molecule has 9 nitrogen and oxygen atoms in total. The summed E-state index contributed by atoms with van der Waals surface area (Å²) in [6.07, 6.45) is 0.122. The first kappa shape index (κ1) is 22.7. The van der Waals surface area contributed by atoms with Crippen molar-refractivity contribution in [3.8, 4) is 11.4 Å². The molecule has 3 heterocycles. The van der Waals surface area contributed by atoms with Crippen molar-refractivity contribution in [3.63, 3.8) is 0 Å². The third-order valence-electron chi connectivity index (χ3n) is 6.11. The van der Waals surface area contributed by atoms with Crippen molar-refractivity contribution >= 4 is 34.5 Å². The van der Waals surface area contributed by atoms with E-state index in [4.69, 9.17) is 4.74 Å². The van der Waals surface area contributed by atoms with Gasteiger partial charge in [0.25, 0.3) is 0 Å². The highest BCUT2D eigenvalue weighted by atomic mass is 32.1. The molecule has 0 bridgehead atoms. The van der Waals surface area contributed by atoms with Gasteiger partial charge in [0, 0.05) is 22.7 Å². The predicted molar refractivity (Wildman–Crippen MR) is 133 cm³/mol. The van der Waals surface area contributed by atoms with Crippen LogP contribution in [0.15, 0.2) is 60.0 Å². The van der Waals surface area contributed by atoms with Gasteiger partial charge in [-0.05, 0) is 66.1 Å². The number of anilines is 2. The number of carbonyl (C=O) groups is 2. The van der Waals surface area contributed by atoms with Crippen molar-refractivity contribution in [1.82, 2.24) is 20.2 Å². The second-order valence-electron chi connectivity index (χ2n) is 8.38. The van der Waals surface area contributed by atoms with Crippen LogP contribution in [-0.2, 0) is 9.59 Å². The molecule has 0 spiro atoms. The molecule has 0 saturated carbocycles. The van der Waals surface area contributed by atoms with Crippen LogP contribution in [0.4, 0.5) is 11.4 Å². The molecule has 2 aromatic heterocycles. The Morgan fingerprint density at radius 1 is 1.14 bits per heavy atom. The highest BCUT2D eigenvalue weighted by Gasteiger charge is 2.45. The number of tetrazole rings is 1. The summed E-state index contributed by atoms with van der Waals surface area (Å²) >= 11 is 1.54. The second kappa shape index (κ2) is 9.30. The summed E-state index contributed by atoms with van der Waals surface area (Å²) in [5.74, 6) is 0.293. The molecule has 2 unspecified atom stereocenters. The molecule has 35 heavy (non-hydrogen) atoms. The summed E-state index contributed by atoms with van der Waals surface area (Å²) in [6, 6.07) is 16.6. The summed E-state index contributed by atoms with van der Waals surface area (Å²) < 4.78 is 7.00. The van der Waals surface area contributed by atoms with E-state index in [1.165, 1.54) is 0 Å². The number of methoxy groups -OCH3 is 1. The molecule has 5 rings (SSSR count). The van der Waals surface area contributed by atoms with E-state index in [1.807, 2.05) is 48.7 Å². The molecule has 0 aliphatic carbocycles. The summed E-state index contributed by atoms with van der Waals surface area (Å²) in [4.78, 5) is 29.4. The number of aryl methyl sites for hydroxylation is 2. The second-order valence-corrected chi connectivity index (χ2v) is 9.36. The first-order valence-corrected chi connectivity index (χ1v) is 12.0. The van der Waals surface area contributed by atoms with Crippen LogP contribution >= 0.6 is 11.3 Å². The summed E-state index contributed by atoms with van der Waals surface area (Å²) in [6.45, 7) is 3.78. The number of nitrogens with zero attached hydrogens (tertiary/aromatic N) is 5. The lowest BCUT2D eigenvalue weighted by atomic mass is 9.97. The summed E-state index contributed by atoms with van der Waals surface area (Å²) in [5, 5.41) is 16.6. The van der Waals surface area contributed by atoms with Crippen molar-refractivity contribution in [2.24, 2.45) is 5.92 Å². The lowest BCUT2D eigenvalue weighted by Crippen LogP contribution is -2.32. The Morgan fingerprint density at radius 3 is 2.60 bits per heavy atom. The predicted octanol–water partition coefficient (Wildman–Crippen LogP) is 4.08. The minimum Gasteiger partial charge on any atom is -0.494 e. The fraction of sp³-hybridized carbons (Fsp3) is 0.240. The van der Waals surface area contributed by atoms with Gasteiger partial charge in [-0.2, -0.15) is 4.68 Å². The van der Waals surface area contributed by atoms with Crippen LogP contribution in [0.2, 0.25) is 0 Å². The first-order chi connectivity index (χ1) is 17.0. The highest BCUT2D eigenvalue weighted by molar-refractivity contribution is 7.10. The molecular weight excluding hydrogens is 464 g/mol. The Balaban J connectivity index is 1.46. The maximum atomic E-state index is 13.6. The molecule has 1 N–H and O–H groups in total. The molecule has 1 aliphatic heterocycles. The minimum atomic E-state index is -0.553. The van der Waals surface area contributed by atoms with Gasteiger partial charge in [-0.25, -0.2) is 0 Å². The van der Waals surface area contributed by atoms with E-state index in [9.17, 15) is 9.59 Å². The Kier molecular flexibility index (Phi) is 6.04. The molecule has 1 saturated heterocycles. The lowest BCUT2D eigenvalue weighted by Gasteiger charge is -2.27. The number of nitrogens with one attached hydrogen (secondary N) is 1. The van der Waals surface area contributed by atoms with Gasteiger partial charge in [0.15, 0.2) is 5.82 Å². The average molecular weight is 489 g/mol. The quantitative estimate of drug-likeness (QED) is 0.439. The molecule has 178 valence electrons. The molecule has 4 aromatic rings. The van der Waals surface area contributed by atoms with E-state index in [2.05, 4.69) is 20.8 Å². The number of benzene rings is 2. The van der Waals surface area contributed by atoms with E-state index in [-0.39, 0.29) is 24.3 Å². The normalized spacial score (nSPS) is 17.6. The van der Waals surface area contributed by atoms with Crippen LogP contribution in [0.1, 0.15) is 28.7 Å². The fourth-order valence-corrected chi connectivity index (χ4v) is 5.27. The monoisotopic (exact) mass is 488 g/mol. The van der Waals surface area contributed by atoms with E-state index in [0.29, 0.717) is 22.9 Å². The van der Waals surface area contributed by atoms with Crippen LogP contribution in [0.5, 0.6) is 5.75 Å². The van der Waals surface area contributed by atoms with Crippen LogP contribution in [-0.4, -0.2) is 39.1 Å². The summed E-state index contributed by atoms with van der Waals surface area (Å²) in [5.41, 5.74) is 3.06. The van der Waals surface area contributed by atoms with Gasteiger partial charge in [0.2, 0.25) is 11.8 Å². The maximum Gasteiger partial charge on any atom is 0.230 e. The van der Waals surface area contributed by atoms with Gasteiger partial charge in [0.05, 0.1) is 19.1 Å². The molecule has 0 radical (unpaired) electrons. The van der Waals surface area contributed by atoms with Crippen LogP contribution in [0.25, 0.3) is 5.69 Å². The van der Waals surface area contributed by atoms with Crippen LogP contribution in [0.3, 0.4) is 0 Å². The molecule has 2 atom stereocenters. The molecule has 1 aliphatic rings. The average Bonchev–Trinajstić information content (AvgIpc) is 3.60. The van der Waals surface area contributed by atoms with Gasteiger partial charge in [-0.1, -0.05) is 23.8 Å². The van der Waals surface area contributed by atoms with E-state index in [0.717, 1.165) is 16.1 Å². The zero-order chi connectivity index (χ0) is 24.5. The van der Waals surface area contributed by atoms with E-state index >= 15 is 0 Å². The fourth-order valence-electron chi connectivity index (χ4n) is 4.39. The number of aromatic nitrogens is 4. The highest BCUT2D eigenvalue weighted by Crippen LogP contribution is 2.43. The Hall–Kier alpha value is -4.05. The van der Waals surface area contributed by atoms with Crippen molar-refractivity contribution in [1.29, 1.82) is 0 Å². The van der Waals surface area contributed by atoms with Crippen LogP contribution < -0.4 is 15.0 Å². The minimum absolute atomic E-state index is 0.0767. The maximum absolute atomic E-state index is 13.6. The number of amides is 2. The standard InChI is InChI=1S/C25H24N6O3S/c1-15-6-9-18(10-7-15)30-23(32)14-19(24(30)22-5-4-12-35-22)25(33)26-17-8-11-21(34-3)20(13-17)31-16(2)27-28-29-31/h4-13,19,24H,14H2,1-3H3,(H,26,33). The van der Waals surface area contributed by atoms with Gasteiger partial charge >= 0.3 is 0 Å². The number of ether oxygens (including phenoxy) is 1. The SMILES string of the molecule is COc1ccc(NC(=O)C2CC(=O)N(c3ccc(C)cc3)C2c2cccs2)cc1-n1nnnc1C. The summed E-state index contributed by atoms with van der Waals surface area (Å²) in [7, 11) is 1.56. The Morgan fingerprint density at radius 2 is 1.94 bits per heavy atom. The number of carbonyl (C=O) groups excluding carboxylic acids is 2. The molecule has 1 fully saturated rings. The smallest absolute Gasteiger partial charge is 0.230 e. The van der Waals surface area contributed by atoms with Crippen LogP contribution in [0, 0.1) is 19.8 Å². The third kappa shape index (κ3) is 4.28. The van der Waals surface area contributed by atoms with Gasteiger partial charge in [-0.15, -0.1) is 16.4 Å². The van der Waals surface area contributed by atoms with Crippen molar-refractivity contribution < 1.29 is 14.3 Å². The zero-order valence-corrected chi connectivity index (χ0v) is 20.3. The first-order valence-electron chi connectivity index (χ1n) is 11.1. The lowest BCUT2D eigenvalue weighted by molar-refractivity contribution is -0.122. The molecular formula is C25H24N6O3S. The molecule has 2 amide bonds. The number of rotatable bonds is 6. The van der Waals surface area contributed by atoms with E-state index in [1.54, 1.807) is 53.2 Å². The van der Waals surface area contributed by atoms with Crippen molar-refractivity contribution in [2.45, 2.75) is 26.3 Å². The Labute approximate surface area is 206 Å². The largest absolute Gasteiger partial charge is 0.494 e. The van der Waals surface area contributed by atoms with Crippen molar-refractivity contribution in [3.05, 3.63) is 76.2 Å². The topological polar surface area (TPSA) is 102 Å². The van der Waals surface area contributed by atoms with Gasteiger partial charge in [0.1, 0.15) is 11.4 Å². The van der Waals surface area contributed by atoms with Gasteiger partial charge < -0.3 is 15.0 Å². The number of hydrogen-bond acceptors (Lipinski definition) is 7. The number of hydrogen-bond donors (Lipinski definition) is 1. The third-order valence-corrected chi connectivity index (χ3v) is 7.05. The zero-order valence-electron chi connectivity index (χ0n) is 19.5. The van der Waals surface area contributed by atoms with Gasteiger partial charge in [-0.3, -0.25) is 9.59 Å². The van der Waals surface area contributed by atoms with Crippen molar-refractivity contribution in [2.75, 3.05) is 17.3 Å². The number of thiophene rings is 1. The Bertz CT molecular complexity index is 1370. The molecule has 10 heteroatoms. The van der Waals surface area contributed by atoms with E-state index < -0.39 is 5.92 Å².